The van der Waals surface area contributed by atoms with Crippen LogP contribution >= 0.6 is 11.6 Å². The normalized spacial score (nSPS) is 16.6. The summed E-state index contributed by atoms with van der Waals surface area (Å²) in [5.74, 6) is 0. The molecule has 0 spiro atoms. The second-order valence-electron chi connectivity index (χ2n) is 6.91. The van der Waals surface area contributed by atoms with E-state index in [1.54, 1.807) is 6.20 Å². The van der Waals surface area contributed by atoms with Crippen LogP contribution in [0, 0.1) is 0 Å². The summed E-state index contributed by atoms with van der Waals surface area (Å²) in [7, 11) is 0. The average molecular weight is 331 g/mol. The van der Waals surface area contributed by atoms with Crippen molar-refractivity contribution in [2.75, 3.05) is 31.1 Å². The number of piperazine rings is 1. The van der Waals surface area contributed by atoms with Crippen molar-refractivity contribution in [3.05, 3.63) is 41.8 Å². The molecule has 2 heterocycles. The summed E-state index contributed by atoms with van der Waals surface area (Å²) in [5, 5.41) is 0.284. The van der Waals surface area contributed by atoms with Gasteiger partial charge in [0.1, 0.15) is 0 Å². The first-order valence-electron chi connectivity index (χ1n) is 8.02. The third kappa shape index (κ3) is 3.82. The van der Waals surface area contributed by atoms with Crippen molar-refractivity contribution < 1.29 is 0 Å². The molecule has 0 aliphatic carbocycles. The number of benzene rings is 1. The minimum atomic E-state index is 0.242. The summed E-state index contributed by atoms with van der Waals surface area (Å²) < 4.78 is 0. The lowest BCUT2D eigenvalue weighted by atomic mass is 10.0. The van der Waals surface area contributed by atoms with Crippen molar-refractivity contribution in [3.8, 4) is 11.3 Å². The highest BCUT2D eigenvalue weighted by molar-refractivity contribution is 6.28. The fourth-order valence-electron chi connectivity index (χ4n) is 2.99. The SMILES string of the molecule is CC(C)(C)N1CCN(c2cccc(-c3ccnc(Cl)n3)c2)CC1. The molecule has 0 bridgehead atoms. The highest BCUT2D eigenvalue weighted by Gasteiger charge is 2.25. The van der Waals surface area contributed by atoms with Gasteiger partial charge in [-0.2, -0.15) is 0 Å². The van der Waals surface area contributed by atoms with Gasteiger partial charge in [-0.05, 0) is 50.6 Å². The molecule has 1 aromatic carbocycles. The zero-order valence-corrected chi connectivity index (χ0v) is 14.7. The Bertz CT molecular complexity index is 673. The molecule has 0 saturated carbocycles. The number of hydrogen-bond donors (Lipinski definition) is 0. The fraction of sp³-hybridized carbons (Fsp3) is 0.444. The zero-order valence-electron chi connectivity index (χ0n) is 14.0. The molecule has 23 heavy (non-hydrogen) atoms. The van der Waals surface area contributed by atoms with Crippen LogP contribution < -0.4 is 4.90 Å². The van der Waals surface area contributed by atoms with Crippen molar-refractivity contribution in [3.63, 3.8) is 0 Å². The Labute approximate surface area is 143 Å². The molecule has 5 heteroatoms. The largest absolute Gasteiger partial charge is 0.369 e. The Morgan fingerprint density at radius 3 is 2.43 bits per heavy atom. The fourth-order valence-corrected chi connectivity index (χ4v) is 3.14. The lowest BCUT2D eigenvalue weighted by Gasteiger charge is -2.43. The van der Waals surface area contributed by atoms with Crippen molar-refractivity contribution in [1.29, 1.82) is 0 Å². The maximum Gasteiger partial charge on any atom is 0.222 e. The Kier molecular flexibility index (Phi) is 4.55. The molecule has 1 aliphatic heterocycles. The van der Waals surface area contributed by atoms with Gasteiger partial charge in [0.25, 0.3) is 0 Å². The van der Waals surface area contributed by atoms with Gasteiger partial charge in [0, 0.05) is 49.2 Å². The standard InChI is InChI=1S/C18H23ClN4/c1-18(2,3)23-11-9-22(10-12-23)15-6-4-5-14(13-15)16-7-8-20-17(19)21-16/h4-8,13H,9-12H2,1-3H3. The van der Waals surface area contributed by atoms with Crippen LogP contribution in [0.3, 0.4) is 0 Å². The van der Waals surface area contributed by atoms with E-state index in [9.17, 15) is 0 Å². The number of anilines is 1. The lowest BCUT2D eigenvalue weighted by Crippen LogP contribution is -2.53. The molecule has 0 atom stereocenters. The van der Waals surface area contributed by atoms with Gasteiger partial charge in [0.05, 0.1) is 5.69 Å². The molecular formula is C18H23ClN4. The lowest BCUT2D eigenvalue weighted by molar-refractivity contribution is 0.128. The molecule has 0 amide bonds. The molecule has 3 rings (SSSR count). The van der Waals surface area contributed by atoms with Crippen LogP contribution in [0.2, 0.25) is 5.28 Å². The number of halogens is 1. The Morgan fingerprint density at radius 1 is 1.04 bits per heavy atom. The van der Waals surface area contributed by atoms with E-state index in [0.29, 0.717) is 0 Å². The van der Waals surface area contributed by atoms with Crippen molar-refractivity contribution >= 4 is 17.3 Å². The van der Waals surface area contributed by atoms with Gasteiger partial charge in [0.2, 0.25) is 5.28 Å². The first-order chi connectivity index (χ1) is 10.9. The first-order valence-corrected chi connectivity index (χ1v) is 8.40. The van der Waals surface area contributed by atoms with Crippen LogP contribution in [0.15, 0.2) is 36.5 Å². The maximum absolute atomic E-state index is 5.90. The third-order valence-electron chi connectivity index (χ3n) is 4.36. The van der Waals surface area contributed by atoms with Gasteiger partial charge in [-0.15, -0.1) is 0 Å². The maximum atomic E-state index is 5.90. The van der Waals surface area contributed by atoms with E-state index in [1.165, 1.54) is 5.69 Å². The molecule has 2 aromatic rings. The van der Waals surface area contributed by atoms with E-state index in [2.05, 4.69) is 64.8 Å². The van der Waals surface area contributed by atoms with Crippen LogP contribution in [0.4, 0.5) is 5.69 Å². The monoisotopic (exact) mass is 330 g/mol. The number of aromatic nitrogens is 2. The minimum Gasteiger partial charge on any atom is -0.369 e. The Balaban J connectivity index is 1.76. The molecule has 0 radical (unpaired) electrons. The molecular weight excluding hydrogens is 308 g/mol. The molecule has 1 aliphatic rings. The van der Waals surface area contributed by atoms with Crippen molar-refractivity contribution in [2.45, 2.75) is 26.3 Å². The van der Waals surface area contributed by atoms with Crippen LogP contribution in [0.25, 0.3) is 11.3 Å². The van der Waals surface area contributed by atoms with Gasteiger partial charge in [-0.1, -0.05) is 12.1 Å². The van der Waals surface area contributed by atoms with E-state index in [-0.39, 0.29) is 10.8 Å². The molecule has 1 aromatic heterocycles. The first kappa shape index (κ1) is 16.2. The van der Waals surface area contributed by atoms with E-state index in [0.717, 1.165) is 37.4 Å². The van der Waals surface area contributed by atoms with E-state index >= 15 is 0 Å². The van der Waals surface area contributed by atoms with Gasteiger partial charge in [-0.3, -0.25) is 4.90 Å². The predicted molar refractivity (Wildman–Crippen MR) is 96.0 cm³/mol. The number of rotatable bonds is 2. The van der Waals surface area contributed by atoms with Crippen LogP contribution in [-0.2, 0) is 0 Å². The Hall–Kier alpha value is -1.65. The predicted octanol–water partition coefficient (Wildman–Crippen LogP) is 3.72. The third-order valence-corrected chi connectivity index (χ3v) is 4.54. The summed E-state index contributed by atoms with van der Waals surface area (Å²) in [4.78, 5) is 13.2. The Morgan fingerprint density at radius 2 is 1.78 bits per heavy atom. The molecule has 0 unspecified atom stereocenters. The van der Waals surface area contributed by atoms with E-state index < -0.39 is 0 Å². The second kappa shape index (κ2) is 6.46. The van der Waals surface area contributed by atoms with Crippen LogP contribution in [-0.4, -0.2) is 46.6 Å². The quantitative estimate of drug-likeness (QED) is 0.786. The minimum absolute atomic E-state index is 0.242. The van der Waals surface area contributed by atoms with Crippen molar-refractivity contribution in [1.82, 2.24) is 14.9 Å². The molecule has 0 N–H and O–H groups in total. The summed E-state index contributed by atoms with van der Waals surface area (Å²) >= 11 is 5.90. The summed E-state index contributed by atoms with van der Waals surface area (Å²) in [5.41, 5.74) is 3.42. The highest BCUT2D eigenvalue weighted by Crippen LogP contribution is 2.26. The zero-order chi connectivity index (χ0) is 16.4. The smallest absolute Gasteiger partial charge is 0.222 e. The summed E-state index contributed by atoms with van der Waals surface area (Å²) in [6.45, 7) is 11.1. The van der Waals surface area contributed by atoms with Gasteiger partial charge < -0.3 is 4.90 Å². The van der Waals surface area contributed by atoms with Gasteiger partial charge >= 0.3 is 0 Å². The average Bonchev–Trinajstić information content (AvgIpc) is 2.54. The van der Waals surface area contributed by atoms with Gasteiger partial charge in [0.15, 0.2) is 0 Å². The van der Waals surface area contributed by atoms with Crippen molar-refractivity contribution in [2.24, 2.45) is 0 Å². The molecule has 4 nitrogen and oxygen atoms in total. The molecule has 1 saturated heterocycles. The molecule has 122 valence electrons. The van der Waals surface area contributed by atoms with Crippen LogP contribution in [0.1, 0.15) is 20.8 Å². The van der Waals surface area contributed by atoms with E-state index in [1.807, 2.05) is 6.07 Å². The van der Waals surface area contributed by atoms with E-state index in [4.69, 9.17) is 11.6 Å². The topological polar surface area (TPSA) is 32.3 Å². The number of hydrogen-bond acceptors (Lipinski definition) is 4. The second-order valence-corrected chi connectivity index (χ2v) is 7.24. The highest BCUT2D eigenvalue weighted by atomic mass is 35.5. The van der Waals surface area contributed by atoms with Gasteiger partial charge in [-0.25, -0.2) is 9.97 Å². The summed E-state index contributed by atoms with van der Waals surface area (Å²) in [6, 6.07) is 10.4. The summed E-state index contributed by atoms with van der Waals surface area (Å²) in [6.07, 6.45) is 1.69. The number of nitrogens with zero attached hydrogens (tertiary/aromatic N) is 4. The molecule has 1 fully saturated rings. The van der Waals surface area contributed by atoms with Crippen LogP contribution in [0.5, 0.6) is 0 Å².